The van der Waals surface area contributed by atoms with Gasteiger partial charge in [-0.15, -0.1) is 0 Å². The number of carbonyl (C=O) groups excluding carboxylic acids is 7. The number of methoxy groups -OCH3 is 1. The highest BCUT2D eigenvalue weighted by molar-refractivity contribution is 7.85. The molecule has 1 fully saturated rings. The Kier molecular flexibility index (Phi) is 51.0. The first-order valence-corrected chi connectivity index (χ1v) is 35.7. The molecular weight excluding hydrogens is 1370 g/mol. The van der Waals surface area contributed by atoms with Crippen LogP contribution in [0.1, 0.15) is 52.2 Å². The van der Waals surface area contributed by atoms with Crippen molar-refractivity contribution in [2.24, 2.45) is 11.8 Å². The van der Waals surface area contributed by atoms with Gasteiger partial charge in [0.2, 0.25) is 23.6 Å². The number of esters is 1. The average molecular weight is 1480 g/mol. The summed E-state index contributed by atoms with van der Waals surface area (Å²) in [6.07, 6.45) is 1.87. The maximum atomic E-state index is 13.6. The maximum absolute atomic E-state index is 13.6. The van der Waals surface area contributed by atoms with Gasteiger partial charge in [0.25, 0.3) is 21.9 Å². The highest BCUT2D eigenvalue weighted by Gasteiger charge is 2.47. The van der Waals surface area contributed by atoms with Crippen molar-refractivity contribution < 1.29 is 137 Å². The summed E-state index contributed by atoms with van der Waals surface area (Å²) in [7, 11) is -2.74. The zero-order valence-corrected chi connectivity index (χ0v) is 60.7. The highest BCUT2D eigenvalue weighted by Crippen LogP contribution is 2.27. The molecule has 0 radical (unpaired) electrons. The fourth-order valence-corrected chi connectivity index (χ4v) is 9.16. The van der Waals surface area contributed by atoms with Crippen molar-refractivity contribution in [1.29, 1.82) is 0 Å². The lowest BCUT2D eigenvalue weighted by molar-refractivity contribution is -0.148. The third-order valence-corrected chi connectivity index (χ3v) is 14.9. The Morgan fingerprint density at radius 2 is 0.971 bits per heavy atom. The largest absolute Gasteiger partial charge is 0.461 e. The Labute approximate surface area is 598 Å². The Morgan fingerprint density at radius 3 is 1.38 bits per heavy atom. The van der Waals surface area contributed by atoms with Crippen LogP contribution in [-0.4, -0.2) is 333 Å². The molecule has 102 heavy (non-hydrogen) atoms. The number of nitrogens with zero attached hydrogens (tertiary/aromatic N) is 2. The first kappa shape index (κ1) is 90.4. The summed E-state index contributed by atoms with van der Waals surface area (Å²) < 4.78 is 135. The predicted molar refractivity (Wildman–Crippen MR) is 363 cm³/mol. The van der Waals surface area contributed by atoms with Gasteiger partial charge in [-0.2, -0.15) is 8.42 Å². The number of nitrogens with one attached hydrogen (secondary N) is 3. The summed E-state index contributed by atoms with van der Waals surface area (Å²) in [5, 5.41) is 7.95. The molecule has 3 rings (SSSR count). The summed E-state index contributed by atoms with van der Waals surface area (Å²) in [5.74, 6) is -0.495. The van der Waals surface area contributed by atoms with Crippen LogP contribution in [0.4, 0.5) is 5.69 Å². The summed E-state index contributed by atoms with van der Waals surface area (Å²) in [4.78, 5) is 93.4. The molecule has 0 aromatic heterocycles. The van der Waals surface area contributed by atoms with Gasteiger partial charge in [-0.1, -0.05) is 45.6 Å². The number of anilines is 1. The van der Waals surface area contributed by atoms with Gasteiger partial charge in [-0.25, -0.2) is 0 Å². The topological polar surface area (TPSA) is 392 Å². The van der Waals surface area contributed by atoms with Crippen molar-refractivity contribution in [3.63, 3.8) is 0 Å². The van der Waals surface area contributed by atoms with E-state index in [1.807, 2.05) is 0 Å². The average Bonchev–Trinajstić information content (AvgIpc) is 1.63. The minimum Gasteiger partial charge on any atom is -0.461 e. The molecule has 2 aliphatic heterocycles. The third-order valence-electron chi connectivity index (χ3n) is 14.2. The van der Waals surface area contributed by atoms with Crippen LogP contribution in [0.25, 0.3) is 0 Å². The molecule has 6 amide bonds. The molecule has 0 saturated carbocycles. The second kappa shape index (κ2) is 57.5. The van der Waals surface area contributed by atoms with E-state index in [0.29, 0.717) is 202 Å². The molecule has 0 unspecified atom stereocenters. The molecule has 4 N–H and O–H groups in total. The van der Waals surface area contributed by atoms with Gasteiger partial charge in [0.1, 0.15) is 38.1 Å². The smallest absolute Gasteiger partial charge is 0.308 e. The number of rotatable bonds is 65. The van der Waals surface area contributed by atoms with Gasteiger partial charge in [0.05, 0.1) is 236 Å². The number of imide groups is 1. The van der Waals surface area contributed by atoms with Crippen molar-refractivity contribution in [3.8, 4) is 11.8 Å². The van der Waals surface area contributed by atoms with Crippen LogP contribution in [0.3, 0.4) is 0 Å². The second-order valence-corrected chi connectivity index (χ2v) is 24.6. The van der Waals surface area contributed by atoms with Crippen LogP contribution in [-0.2, 0) is 140 Å². The van der Waals surface area contributed by atoms with E-state index in [2.05, 4.69) is 27.8 Å². The summed E-state index contributed by atoms with van der Waals surface area (Å²) in [6.45, 7) is 19.9. The fraction of sp³-hybridized carbons (Fsp3) is 0.746. The van der Waals surface area contributed by atoms with Crippen LogP contribution < -0.4 is 16.0 Å². The van der Waals surface area contributed by atoms with Crippen molar-refractivity contribution in [3.05, 3.63) is 41.5 Å². The first-order valence-electron chi connectivity index (χ1n) is 34.1. The number of ether oxygens (including phenoxy) is 19. The molecule has 0 bridgehead atoms. The van der Waals surface area contributed by atoms with Crippen molar-refractivity contribution >= 4 is 57.2 Å². The van der Waals surface area contributed by atoms with Gasteiger partial charge >= 0.3 is 5.97 Å². The Balaban J connectivity index is 1.17. The SMILES string of the molecule is COCCOCCOCCOCCOCCOCCOCOCCOCCOCCOCCOCCOCCOCCOCCOCCOCC#Cc1cc(NC(=O)[C@H](C)NC(=O)[C@@H](NC(=O)CN2C(=O)[C@@H](N3C(=O)C=CC3=O)C[C@H]2COCCS(=O)(=O)O)C(C)C)ccc1COC(=O)C(C)C. The third kappa shape index (κ3) is 43.5. The summed E-state index contributed by atoms with van der Waals surface area (Å²) >= 11 is 0. The van der Waals surface area contributed by atoms with E-state index in [4.69, 9.17) is 94.6 Å². The lowest BCUT2D eigenvalue weighted by atomic mass is 10.0. The number of hydrogen-bond acceptors (Lipinski definition) is 28. The van der Waals surface area contributed by atoms with Crippen LogP contribution >= 0.6 is 0 Å². The molecule has 2 aliphatic rings. The number of likely N-dealkylation sites (tertiary alicyclic amines) is 1. The van der Waals surface area contributed by atoms with Crippen molar-refractivity contribution in [2.45, 2.75) is 71.8 Å². The maximum Gasteiger partial charge on any atom is 0.308 e. The normalized spacial score (nSPS) is 15.2. The van der Waals surface area contributed by atoms with Gasteiger partial charge in [-0.05, 0) is 25.0 Å². The van der Waals surface area contributed by atoms with E-state index >= 15 is 0 Å². The van der Waals surface area contributed by atoms with Crippen molar-refractivity contribution in [2.75, 3.05) is 250 Å². The second-order valence-electron chi connectivity index (χ2n) is 23.0. The molecule has 35 heteroatoms. The lowest BCUT2D eigenvalue weighted by Gasteiger charge is -2.27. The highest BCUT2D eigenvalue weighted by atomic mass is 32.2. The van der Waals surface area contributed by atoms with E-state index < -0.39 is 101 Å². The predicted octanol–water partition coefficient (Wildman–Crippen LogP) is -0.0103. The fourth-order valence-electron chi connectivity index (χ4n) is 8.83. The van der Waals surface area contributed by atoms with E-state index in [-0.39, 0.29) is 52.2 Å². The Hall–Kier alpha value is -5.80. The van der Waals surface area contributed by atoms with Crippen LogP contribution in [0.5, 0.6) is 0 Å². The number of amides is 6. The van der Waals surface area contributed by atoms with Crippen molar-refractivity contribution in [1.82, 2.24) is 20.4 Å². The molecule has 4 atom stereocenters. The monoisotopic (exact) mass is 1480 g/mol. The van der Waals surface area contributed by atoms with E-state index in [1.54, 1.807) is 53.0 Å². The molecule has 1 aromatic carbocycles. The standard InChI is InChI=1S/C67H109N5O29S/c1-52(2)63(70-60(73)48-71-58(50-98-44-45-102(80,81)82)47-59(66(71)78)72-61(74)11-12-62(72)75)65(77)68-54(5)64(76)69-57-10-9-56(49-101-67(79)53(3)4)55(46-57)8-7-13-84-16-17-86-20-21-88-24-25-90-26-27-91-28-29-92-30-31-93-33-35-95-37-39-97-41-43-100-51-99-42-40-96-38-36-94-34-32-89-23-22-87-19-18-85-15-14-83-6/h9-12,46,52-54,58-59,63H,13-45,47-51H2,1-6H3,(H,68,77)(H,69,76)(H,70,73)(H,80,81,82)/t54-,58-,59-,63-/m0/s1. The minimum atomic E-state index is -4.37. The number of carbonyl (C=O) groups is 7. The number of hydrogen-bond donors (Lipinski definition) is 4. The lowest BCUT2D eigenvalue weighted by Crippen LogP contribution is -2.56. The molecule has 1 saturated heterocycles. The Bertz CT molecular complexity index is 2700. The summed E-state index contributed by atoms with van der Waals surface area (Å²) in [5.41, 5.74) is 1.29. The first-order chi connectivity index (χ1) is 49.3. The van der Waals surface area contributed by atoms with Crippen LogP contribution in [0.15, 0.2) is 30.4 Å². The molecule has 2 heterocycles. The minimum absolute atomic E-state index is 0.0261. The molecule has 1 aromatic rings. The molecule has 34 nitrogen and oxygen atoms in total. The quantitative estimate of drug-likeness (QED) is 0.0166. The van der Waals surface area contributed by atoms with Gasteiger partial charge < -0.3 is 111 Å². The van der Waals surface area contributed by atoms with E-state index in [9.17, 15) is 42.0 Å². The van der Waals surface area contributed by atoms with Crippen LogP contribution in [0.2, 0.25) is 0 Å². The van der Waals surface area contributed by atoms with Gasteiger partial charge in [0, 0.05) is 42.5 Å². The van der Waals surface area contributed by atoms with Crippen LogP contribution in [0, 0.1) is 23.7 Å². The van der Waals surface area contributed by atoms with E-state index in [1.165, 1.54) is 6.92 Å². The molecule has 0 aliphatic carbocycles. The van der Waals surface area contributed by atoms with E-state index in [0.717, 1.165) is 22.0 Å². The molecular formula is C67H109N5O29S. The zero-order chi connectivity index (χ0) is 74.3. The zero-order valence-electron chi connectivity index (χ0n) is 59.9. The van der Waals surface area contributed by atoms with Gasteiger partial charge in [-0.3, -0.25) is 43.0 Å². The Morgan fingerprint density at radius 1 is 0.549 bits per heavy atom. The summed E-state index contributed by atoms with van der Waals surface area (Å²) in [6, 6.07) is 0.263. The van der Waals surface area contributed by atoms with Gasteiger partial charge in [0.15, 0.2) is 0 Å². The molecule has 582 valence electrons. The number of benzene rings is 1. The molecule has 0 spiro atoms.